The predicted octanol–water partition coefficient (Wildman–Crippen LogP) is 3.24. The zero-order valence-electron chi connectivity index (χ0n) is 10.3. The Hall–Kier alpha value is -0.550. The first-order chi connectivity index (χ1) is 7.90. The summed E-state index contributed by atoms with van der Waals surface area (Å²) in [4.78, 5) is 0. The molecule has 2 rings (SSSR count). The maximum atomic E-state index is 8.98. The summed E-state index contributed by atoms with van der Waals surface area (Å²) < 4.78 is 0. The highest BCUT2D eigenvalue weighted by Gasteiger charge is 2.26. The summed E-state index contributed by atoms with van der Waals surface area (Å²) in [6.45, 7) is 1.12. The summed E-state index contributed by atoms with van der Waals surface area (Å²) in [6, 6.07) is 2.93. The van der Waals surface area contributed by atoms with E-state index in [9.17, 15) is 0 Å². The number of rotatable bonds is 5. The normalized spacial score (nSPS) is 30.7. The van der Waals surface area contributed by atoms with Crippen LogP contribution in [0, 0.1) is 23.2 Å². The monoisotopic (exact) mass is 220 g/mol. The molecule has 0 heterocycles. The van der Waals surface area contributed by atoms with E-state index < -0.39 is 0 Å². The van der Waals surface area contributed by atoms with Crippen molar-refractivity contribution in [3.05, 3.63) is 0 Å². The van der Waals surface area contributed by atoms with E-state index in [0.29, 0.717) is 6.04 Å². The number of nitriles is 1. The highest BCUT2D eigenvalue weighted by atomic mass is 14.9. The second-order valence-electron chi connectivity index (χ2n) is 5.52. The lowest BCUT2D eigenvalue weighted by Gasteiger charge is -2.16. The van der Waals surface area contributed by atoms with Crippen molar-refractivity contribution < 1.29 is 0 Å². The van der Waals surface area contributed by atoms with E-state index in [0.717, 1.165) is 18.9 Å². The summed E-state index contributed by atoms with van der Waals surface area (Å²) in [6.07, 6.45) is 12.1. The van der Waals surface area contributed by atoms with Crippen molar-refractivity contribution in [3.63, 3.8) is 0 Å². The van der Waals surface area contributed by atoms with E-state index in [1.54, 1.807) is 0 Å². The zero-order valence-corrected chi connectivity index (χ0v) is 10.3. The van der Waals surface area contributed by atoms with Crippen LogP contribution in [0.2, 0.25) is 0 Å². The molecule has 2 aliphatic rings. The van der Waals surface area contributed by atoms with Gasteiger partial charge in [0.1, 0.15) is 0 Å². The van der Waals surface area contributed by atoms with E-state index in [-0.39, 0.29) is 5.92 Å². The van der Waals surface area contributed by atoms with Crippen LogP contribution in [-0.2, 0) is 0 Å². The lowest BCUT2D eigenvalue weighted by molar-refractivity contribution is 0.424. The van der Waals surface area contributed by atoms with Gasteiger partial charge in [0.2, 0.25) is 0 Å². The molecule has 2 aliphatic carbocycles. The highest BCUT2D eigenvalue weighted by Crippen LogP contribution is 2.28. The van der Waals surface area contributed by atoms with E-state index in [4.69, 9.17) is 5.26 Å². The van der Waals surface area contributed by atoms with Crippen LogP contribution in [0.25, 0.3) is 0 Å². The summed E-state index contributed by atoms with van der Waals surface area (Å²) in [7, 11) is 0. The Bertz CT molecular complexity index is 238. The molecule has 0 amide bonds. The summed E-state index contributed by atoms with van der Waals surface area (Å²) in [5.74, 6) is 1.30. The SMILES string of the molecule is N#CC1CCCC1NCCCC1CCCC1. The molecule has 1 N–H and O–H groups in total. The molecule has 16 heavy (non-hydrogen) atoms. The molecule has 0 spiro atoms. The first-order valence-electron chi connectivity index (χ1n) is 7.03. The minimum Gasteiger partial charge on any atom is -0.313 e. The van der Waals surface area contributed by atoms with Crippen molar-refractivity contribution in [2.75, 3.05) is 6.54 Å². The van der Waals surface area contributed by atoms with Crippen molar-refractivity contribution in [1.82, 2.24) is 5.32 Å². The Morgan fingerprint density at radius 1 is 1.06 bits per heavy atom. The van der Waals surface area contributed by atoms with Gasteiger partial charge in [0.25, 0.3) is 0 Å². The molecule has 2 unspecified atom stereocenters. The van der Waals surface area contributed by atoms with E-state index in [1.807, 2.05) is 0 Å². The molecule has 0 aromatic heterocycles. The number of hydrogen-bond donors (Lipinski definition) is 1. The second kappa shape index (κ2) is 6.25. The van der Waals surface area contributed by atoms with Crippen molar-refractivity contribution in [3.8, 4) is 6.07 Å². The molecule has 2 saturated carbocycles. The zero-order chi connectivity index (χ0) is 11.2. The van der Waals surface area contributed by atoms with Crippen molar-refractivity contribution in [1.29, 1.82) is 5.26 Å². The van der Waals surface area contributed by atoms with Crippen LogP contribution in [0.1, 0.15) is 57.8 Å². The smallest absolute Gasteiger partial charge is 0.0672 e. The van der Waals surface area contributed by atoms with Gasteiger partial charge in [-0.05, 0) is 38.1 Å². The van der Waals surface area contributed by atoms with Gasteiger partial charge in [-0.2, -0.15) is 5.26 Å². The molecular weight excluding hydrogens is 196 g/mol. The van der Waals surface area contributed by atoms with Gasteiger partial charge in [0.05, 0.1) is 12.0 Å². The maximum Gasteiger partial charge on any atom is 0.0672 e. The fourth-order valence-electron chi connectivity index (χ4n) is 3.34. The van der Waals surface area contributed by atoms with Gasteiger partial charge in [0, 0.05) is 6.04 Å². The van der Waals surface area contributed by atoms with E-state index in [2.05, 4.69) is 11.4 Å². The van der Waals surface area contributed by atoms with Gasteiger partial charge >= 0.3 is 0 Å². The number of nitrogens with one attached hydrogen (secondary N) is 1. The molecule has 0 bridgehead atoms. The van der Waals surface area contributed by atoms with Gasteiger partial charge < -0.3 is 5.32 Å². The Morgan fingerprint density at radius 2 is 1.88 bits per heavy atom. The van der Waals surface area contributed by atoms with Gasteiger partial charge in [-0.15, -0.1) is 0 Å². The topological polar surface area (TPSA) is 35.8 Å². The van der Waals surface area contributed by atoms with Crippen LogP contribution in [0.4, 0.5) is 0 Å². The molecule has 2 nitrogen and oxygen atoms in total. The largest absolute Gasteiger partial charge is 0.313 e. The van der Waals surface area contributed by atoms with Crippen LogP contribution < -0.4 is 5.32 Å². The Balaban J connectivity index is 1.55. The fraction of sp³-hybridized carbons (Fsp3) is 0.929. The third-order valence-electron chi connectivity index (χ3n) is 4.35. The van der Waals surface area contributed by atoms with Crippen LogP contribution in [0.3, 0.4) is 0 Å². The van der Waals surface area contributed by atoms with Crippen LogP contribution in [-0.4, -0.2) is 12.6 Å². The van der Waals surface area contributed by atoms with Crippen molar-refractivity contribution >= 4 is 0 Å². The molecule has 2 heteroatoms. The fourth-order valence-corrected chi connectivity index (χ4v) is 3.34. The summed E-state index contributed by atoms with van der Waals surface area (Å²) in [5.41, 5.74) is 0. The Labute approximate surface area is 99.4 Å². The minimum atomic E-state index is 0.284. The summed E-state index contributed by atoms with van der Waals surface area (Å²) >= 11 is 0. The van der Waals surface area contributed by atoms with Crippen molar-refractivity contribution in [2.24, 2.45) is 11.8 Å². The molecule has 90 valence electrons. The summed E-state index contributed by atoms with van der Waals surface area (Å²) in [5, 5.41) is 12.6. The third-order valence-corrected chi connectivity index (χ3v) is 4.35. The van der Waals surface area contributed by atoms with Crippen molar-refractivity contribution in [2.45, 2.75) is 63.8 Å². The molecule has 0 aromatic rings. The standard InChI is InChI=1S/C14H24N2/c15-11-13-8-3-9-14(13)16-10-4-7-12-5-1-2-6-12/h12-14,16H,1-10H2. The first kappa shape index (κ1) is 11.9. The van der Waals surface area contributed by atoms with Gasteiger partial charge in [-0.3, -0.25) is 0 Å². The maximum absolute atomic E-state index is 8.98. The molecule has 2 fully saturated rings. The minimum absolute atomic E-state index is 0.284. The molecular formula is C14H24N2. The Kier molecular flexibility index (Phi) is 4.66. The van der Waals surface area contributed by atoms with Crippen LogP contribution in [0.5, 0.6) is 0 Å². The second-order valence-corrected chi connectivity index (χ2v) is 5.52. The van der Waals surface area contributed by atoms with Gasteiger partial charge in [-0.25, -0.2) is 0 Å². The molecule has 2 atom stereocenters. The van der Waals surface area contributed by atoms with Crippen LogP contribution >= 0.6 is 0 Å². The average Bonchev–Trinajstić information content (AvgIpc) is 2.95. The van der Waals surface area contributed by atoms with E-state index in [1.165, 1.54) is 51.4 Å². The lowest BCUT2D eigenvalue weighted by Crippen LogP contribution is -2.32. The molecule has 0 radical (unpaired) electrons. The highest BCUT2D eigenvalue weighted by molar-refractivity contribution is 4.96. The van der Waals surface area contributed by atoms with Gasteiger partial charge in [-0.1, -0.05) is 32.1 Å². The average molecular weight is 220 g/mol. The molecule has 0 saturated heterocycles. The number of hydrogen-bond acceptors (Lipinski definition) is 2. The first-order valence-corrected chi connectivity index (χ1v) is 7.03. The third kappa shape index (κ3) is 3.22. The molecule has 0 aliphatic heterocycles. The van der Waals surface area contributed by atoms with Crippen LogP contribution in [0.15, 0.2) is 0 Å². The Morgan fingerprint density at radius 3 is 2.62 bits per heavy atom. The molecule has 0 aromatic carbocycles. The van der Waals surface area contributed by atoms with Gasteiger partial charge in [0.15, 0.2) is 0 Å². The quantitative estimate of drug-likeness (QED) is 0.722. The predicted molar refractivity (Wildman–Crippen MR) is 65.9 cm³/mol. The van der Waals surface area contributed by atoms with E-state index >= 15 is 0 Å². The lowest BCUT2D eigenvalue weighted by atomic mass is 10.0. The number of nitrogens with zero attached hydrogens (tertiary/aromatic N) is 1.